The van der Waals surface area contributed by atoms with Crippen LogP contribution >= 0.6 is 0 Å². The van der Waals surface area contributed by atoms with Gasteiger partial charge in [-0.05, 0) is 48.8 Å². The second kappa shape index (κ2) is 8.87. The second-order valence-corrected chi connectivity index (χ2v) is 6.55. The summed E-state index contributed by atoms with van der Waals surface area (Å²) in [6.07, 6.45) is 5.10. The SMILES string of the molecule is CC(CCO)CNC(=O)NC(c1cccc(F)c1)C1CCCC1. The van der Waals surface area contributed by atoms with Crippen LogP contribution in [0.1, 0.15) is 50.6 Å². The van der Waals surface area contributed by atoms with Crippen LogP contribution in [0.2, 0.25) is 0 Å². The Labute approximate surface area is 137 Å². The molecular formula is C18H27FN2O2. The molecule has 1 fully saturated rings. The molecule has 3 N–H and O–H groups in total. The summed E-state index contributed by atoms with van der Waals surface area (Å²) in [5.41, 5.74) is 0.829. The van der Waals surface area contributed by atoms with Crippen LogP contribution < -0.4 is 10.6 Å². The number of carbonyl (C=O) groups excluding carboxylic acids is 1. The van der Waals surface area contributed by atoms with E-state index in [0.717, 1.165) is 31.2 Å². The summed E-state index contributed by atoms with van der Waals surface area (Å²) in [4.78, 5) is 12.2. The van der Waals surface area contributed by atoms with Gasteiger partial charge in [-0.3, -0.25) is 0 Å². The van der Waals surface area contributed by atoms with Crippen LogP contribution in [0.5, 0.6) is 0 Å². The number of amides is 2. The molecule has 2 atom stereocenters. The predicted octanol–water partition coefficient (Wildman–Crippen LogP) is 3.37. The van der Waals surface area contributed by atoms with Crippen molar-refractivity contribution in [2.75, 3.05) is 13.2 Å². The quantitative estimate of drug-likeness (QED) is 0.721. The molecule has 0 aliphatic heterocycles. The lowest BCUT2D eigenvalue weighted by atomic mass is 9.91. The van der Waals surface area contributed by atoms with Crippen LogP contribution in [-0.2, 0) is 0 Å². The van der Waals surface area contributed by atoms with Gasteiger partial charge in [0.15, 0.2) is 0 Å². The Morgan fingerprint density at radius 1 is 1.39 bits per heavy atom. The van der Waals surface area contributed by atoms with Crippen molar-refractivity contribution in [1.82, 2.24) is 10.6 Å². The van der Waals surface area contributed by atoms with Gasteiger partial charge in [-0.1, -0.05) is 31.9 Å². The van der Waals surface area contributed by atoms with Gasteiger partial charge in [0.05, 0.1) is 6.04 Å². The van der Waals surface area contributed by atoms with Gasteiger partial charge in [0, 0.05) is 13.2 Å². The summed E-state index contributed by atoms with van der Waals surface area (Å²) in [5, 5.41) is 14.8. The first-order valence-corrected chi connectivity index (χ1v) is 8.51. The third kappa shape index (κ3) is 5.50. The fourth-order valence-corrected chi connectivity index (χ4v) is 3.25. The van der Waals surface area contributed by atoms with Crippen molar-refractivity contribution >= 4 is 6.03 Å². The van der Waals surface area contributed by atoms with Crippen molar-refractivity contribution in [2.24, 2.45) is 11.8 Å². The molecule has 0 spiro atoms. The molecule has 1 aliphatic rings. The average Bonchev–Trinajstić information content (AvgIpc) is 3.05. The summed E-state index contributed by atoms with van der Waals surface area (Å²) in [5.74, 6) is 0.312. The van der Waals surface area contributed by atoms with Crippen molar-refractivity contribution < 1.29 is 14.3 Å². The molecule has 1 aromatic rings. The number of aliphatic hydroxyl groups excluding tert-OH is 1. The minimum absolute atomic E-state index is 0.123. The maximum Gasteiger partial charge on any atom is 0.315 e. The molecule has 4 nitrogen and oxygen atoms in total. The van der Waals surface area contributed by atoms with Crippen molar-refractivity contribution in [3.8, 4) is 0 Å². The van der Waals surface area contributed by atoms with Crippen molar-refractivity contribution in [3.05, 3.63) is 35.6 Å². The zero-order chi connectivity index (χ0) is 16.7. The van der Waals surface area contributed by atoms with E-state index < -0.39 is 0 Å². The van der Waals surface area contributed by atoms with Gasteiger partial charge in [0.2, 0.25) is 0 Å². The molecule has 23 heavy (non-hydrogen) atoms. The number of carbonyl (C=O) groups is 1. The maximum atomic E-state index is 13.5. The molecule has 1 aliphatic carbocycles. The molecule has 2 amide bonds. The molecule has 0 radical (unpaired) electrons. The fraction of sp³-hybridized carbons (Fsp3) is 0.611. The maximum absolute atomic E-state index is 13.5. The van der Waals surface area contributed by atoms with E-state index in [2.05, 4.69) is 10.6 Å². The van der Waals surface area contributed by atoms with Gasteiger partial charge in [-0.25, -0.2) is 9.18 Å². The van der Waals surface area contributed by atoms with E-state index in [9.17, 15) is 9.18 Å². The summed E-state index contributed by atoms with van der Waals surface area (Å²) < 4.78 is 13.5. The zero-order valence-corrected chi connectivity index (χ0v) is 13.7. The van der Waals surface area contributed by atoms with Crippen molar-refractivity contribution in [3.63, 3.8) is 0 Å². The largest absolute Gasteiger partial charge is 0.396 e. The second-order valence-electron chi connectivity index (χ2n) is 6.55. The topological polar surface area (TPSA) is 61.4 Å². The normalized spacial score (nSPS) is 17.7. The molecule has 2 rings (SSSR count). The lowest BCUT2D eigenvalue weighted by Gasteiger charge is -2.26. The first-order chi connectivity index (χ1) is 11.1. The highest BCUT2D eigenvalue weighted by atomic mass is 19.1. The van der Waals surface area contributed by atoms with E-state index in [1.54, 1.807) is 6.07 Å². The molecule has 0 heterocycles. The van der Waals surface area contributed by atoms with E-state index in [1.165, 1.54) is 12.1 Å². The van der Waals surface area contributed by atoms with Gasteiger partial charge in [-0.15, -0.1) is 0 Å². The summed E-state index contributed by atoms with van der Waals surface area (Å²) in [6, 6.07) is 6.12. The van der Waals surface area contributed by atoms with Crippen LogP contribution in [0.25, 0.3) is 0 Å². The number of benzene rings is 1. The summed E-state index contributed by atoms with van der Waals surface area (Å²) in [7, 11) is 0. The van der Waals surface area contributed by atoms with Crippen LogP contribution in [0.4, 0.5) is 9.18 Å². The number of urea groups is 1. The molecule has 0 aromatic heterocycles. The zero-order valence-electron chi connectivity index (χ0n) is 13.7. The lowest BCUT2D eigenvalue weighted by Crippen LogP contribution is -2.41. The van der Waals surface area contributed by atoms with E-state index >= 15 is 0 Å². The van der Waals surface area contributed by atoms with E-state index in [4.69, 9.17) is 5.11 Å². The number of hydrogen-bond donors (Lipinski definition) is 3. The molecule has 0 bridgehead atoms. The first-order valence-electron chi connectivity index (χ1n) is 8.51. The summed E-state index contributed by atoms with van der Waals surface area (Å²) >= 11 is 0. The van der Waals surface area contributed by atoms with Crippen LogP contribution in [-0.4, -0.2) is 24.3 Å². The van der Waals surface area contributed by atoms with Gasteiger partial charge in [0.25, 0.3) is 0 Å². The van der Waals surface area contributed by atoms with Crippen molar-refractivity contribution in [1.29, 1.82) is 0 Å². The Bertz CT molecular complexity index is 504. The molecular weight excluding hydrogens is 295 g/mol. The third-order valence-corrected chi connectivity index (χ3v) is 4.60. The van der Waals surface area contributed by atoms with Gasteiger partial charge >= 0.3 is 6.03 Å². The standard InChI is InChI=1S/C18H27FN2O2/c1-13(9-10-22)12-20-18(23)21-17(14-5-2-3-6-14)15-7-4-8-16(19)11-15/h4,7-8,11,13-14,17,22H,2-3,5-6,9-10,12H2,1H3,(H2,20,21,23). The monoisotopic (exact) mass is 322 g/mol. The minimum Gasteiger partial charge on any atom is -0.396 e. The molecule has 1 saturated carbocycles. The Balaban J connectivity index is 1.99. The average molecular weight is 322 g/mol. The summed E-state index contributed by atoms with van der Waals surface area (Å²) in [6.45, 7) is 2.63. The van der Waals surface area contributed by atoms with Crippen LogP contribution in [0.3, 0.4) is 0 Å². The number of aliphatic hydroxyl groups is 1. The molecule has 0 saturated heterocycles. The highest BCUT2D eigenvalue weighted by molar-refractivity contribution is 5.74. The molecule has 1 aromatic carbocycles. The fourth-order valence-electron chi connectivity index (χ4n) is 3.25. The van der Waals surface area contributed by atoms with E-state index in [1.807, 2.05) is 13.0 Å². The highest BCUT2D eigenvalue weighted by Gasteiger charge is 2.28. The van der Waals surface area contributed by atoms with Gasteiger partial charge < -0.3 is 15.7 Å². The third-order valence-electron chi connectivity index (χ3n) is 4.60. The number of rotatable bonds is 7. The molecule has 5 heteroatoms. The molecule has 128 valence electrons. The first kappa shape index (κ1) is 17.7. The highest BCUT2D eigenvalue weighted by Crippen LogP contribution is 2.35. The Kier molecular flexibility index (Phi) is 6.84. The Morgan fingerprint density at radius 2 is 2.13 bits per heavy atom. The minimum atomic E-state index is -0.274. The Morgan fingerprint density at radius 3 is 2.78 bits per heavy atom. The van der Waals surface area contributed by atoms with Crippen LogP contribution in [0.15, 0.2) is 24.3 Å². The molecule has 2 unspecified atom stereocenters. The van der Waals surface area contributed by atoms with Gasteiger partial charge in [-0.2, -0.15) is 0 Å². The predicted molar refractivity (Wildman–Crippen MR) is 88.5 cm³/mol. The van der Waals surface area contributed by atoms with Crippen LogP contribution in [0, 0.1) is 17.7 Å². The Hall–Kier alpha value is -1.62. The van der Waals surface area contributed by atoms with Crippen molar-refractivity contribution in [2.45, 2.75) is 45.1 Å². The van der Waals surface area contributed by atoms with E-state index in [-0.39, 0.29) is 30.4 Å². The van der Waals surface area contributed by atoms with E-state index in [0.29, 0.717) is 18.9 Å². The smallest absolute Gasteiger partial charge is 0.315 e. The number of nitrogens with one attached hydrogen (secondary N) is 2. The lowest BCUT2D eigenvalue weighted by molar-refractivity contribution is 0.225. The number of hydrogen-bond acceptors (Lipinski definition) is 2. The number of halogens is 1. The van der Waals surface area contributed by atoms with Gasteiger partial charge in [0.1, 0.15) is 5.82 Å².